The van der Waals surface area contributed by atoms with Crippen molar-refractivity contribution in [2.24, 2.45) is 27.2 Å². The summed E-state index contributed by atoms with van der Waals surface area (Å²) in [5.74, 6) is -0.0960. The fourth-order valence-electron chi connectivity index (χ4n) is 1.22. The Morgan fingerprint density at radius 3 is 2.24 bits per heavy atom. The smallest absolute Gasteiger partial charge is 0.223 e. The van der Waals surface area contributed by atoms with Crippen molar-refractivity contribution in [1.29, 1.82) is 0 Å². The maximum Gasteiger partial charge on any atom is 0.223 e. The molecule has 1 rings (SSSR count). The topological polar surface area (TPSA) is 120 Å². The van der Waals surface area contributed by atoms with Crippen LogP contribution in [0.5, 0.6) is 0 Å². The van der Waals surface area contributed by atoms with Gasteiger partial charge in [0.25, 0.3) is 0 Å². The normalized spacial score (nSPS) is 11.0. The fourth-order valence-corrected chi connectivity index (χ4v) is 1.22. The molecule has 1 aromatic rings. The van der Waals surface area contributed by atoms with Gasteiger partial charge in [0.2, 0.25) is 5.96 Å². The highest BCUT2D eigenvalue weighted by Crippen LogP contribution is 2.14. The van der Waals surface area contributed by atoms with Crippen LogP contribution < -0.4 is 17.2 Å². The highest BCUT2D eigenvalue weighted by molar-refractivity contribution is 5.96. The molecule has 0 heterocycles. The first-order valence-corrected chi connectivity index (χ1v) is 5.10. The van der Waals surface area contributed by atoms with E-state index in [0.717, 1.165) is 0 Å². The van der Waals surface area contributed by atoms with Crippen molar-refractivity contribution in [3.63, 3.8) is 0 Å². The maximum absolute atomic E-state index is 11.4. The Morgan fingerprint density at radius 2 is 1.76 bits per heavy atom. The van der Waals surface area contributed by atoms with Gasteiger partial charge in [-0.3, -0.25) is 4.79 Å². The molecule has 0 unspecified atom stereocenters. The predicted octanol–water partition coefficient (Wildman–Crippen LogP) is 0.499. The van der Waals surface area contributed by atoms with Gasteiger partial charge < -0.3 is 17.2 Å². The average molecular weight is 233 g/mol. The van der Waals surface area contributed by atoms with Crippen molar-refractivity contribution in [2.45, 2.75) is 13.3 Å². The lowest BCUT2D eigenvalue weighted by atomic mass is 10.1. The van der Waals surface area contributed by atoms with Crippen molar-refractivity contribution < 1.29 is 4.79 Å². The molecule has 0 aliphatic heterocycles. The van der Waals surface area contributed by atoms with Crippen molar-refractivity contribution >= 4 is 23.4 Å². The number of ketones is 1. The van der Waals surface area contributed by atoms with Crippen LogP contribution in [0.4, 0.5) is 5.69 Å². The molecule has 6 heteroatoms. The Balaban J connectivity index is 2.89. The van der Waals surface area contributed by atoms with E-state index in [1.807, 2.05) is 6.92 Å². The van der Waals surface area contributed by atoms with E-state index in [4.69, 9.17) is 17.2 Å². The molecule has 0 aromatic heterocycles. The van der Waals surface area contributed by atoms with Gasteiger partial charge in [0.15, 0.2) is 11.7 Å². The van der Waals surface area contributed by atoms with Crippen molar-refractivity contribution in [3.05, 3.63) is 29.8 Å². The Bertz CT molecular complexity index is 457. The monoisotopic (exact) mass is 233 g/mol. The standard InChI is InChI=1S/C11H15N5O/c1-2-9(17)7-3-5-8(6-4-7)15-11(14)16-10(12)13/h3-6H,2H2,1H3,(H6,12,13,14,15,16). The predicted molar refractivity (Wildman–Crippen MR) is 68.2 cm³/mol. The zero-order chi connectivity index (χ0) is 12.8. The molecule has 6 N–H and O–H groups in total. The van der Waals surface area contributed by atoms with Gasteiger partial charge in [-0.15, -0.1) is 0 Å². The summed E-state index contributed by atoms with van der Waals surface area (Å²) in [4.78, 5) is 18.9. The summed E-state index contributed by atoms with van der Waals surface area (Å²) in [6, 6.07) is 6.73. The molecule has 6 nitrogen and oxygen atoms in total. The van der Waals surface area contributed by atoms with Crippen LogP contribution in [0.2, 0.25) is 0 Å². The summed E-state index contributed by atoms with van der Waals surface area (Å²) in [6.07, 6.45) is 0.471. The first-order chi connectivity index (χ1) is 8.02. The minimum absolute atomic E-state index is 0.0282. The molecule has 90 valence electrons. The van der Waals surface area contributed by atoms with E-state index in [0.29, 0.717) is 17.7 Å². The van der Waals surface area contributed by atoms with Crippen LogP contribution in [0.1, 0.15) is 23.7 Å². The molecule has 0 radical (unpaired) electrons. The number of carbonyl (C=O) groups is 1. The molecule has 0 atom stereocenters. The highest BCUT2D eigenvalue weighted by atomic mass is 16.1. The quantitative estimate of drug-likeness (QED) is 0.400. The van der Waals surface area contributed by atoms with E-state index in [1.54, 1.807) is 24.3 Å². The number of nitrogens with zero attached hydrogens (tertiary/aromatic N) is 2. The van der Waals surface area contributed by atoms with E-state index >= 15 is 0 Å². The molecule has 0 saturated carbocycles. The Labute approximate surface area is 99.2 Å². The highest BCUT2D eigenvalue weighted by Gasteiger charge is 2.02. The minimum atomic E-state index is -0.149. The van der Waals surface area contributed by atoms with Crippen molar-refractivity contribution in [2.75, 3.05) is 0 Å². The van der Waals surface area contributed by atoms with Crippen LogP contribution in [-0.2, 0) is 0 Å². The fraction of sp³-hybridized carbons (Fsp3) is 0.182. The van der Waals surface area contributed by atoms with Crippen LogP contribution >= 0.6 is 0 Å². The molecule has 17 heavy (non-hydrogen) atoms. The average Bonchev–Trinajstić information content (AvgIpc) is 2.28. The van der Waals surface area contributed by atoms with Gasteiger partial charge in [0, 0.05) is 12.0 Å². The lowest BCUT2D eigenvalue weighted by molar-refractivity contribution is 0.0988. The third-order valence-corrected chi connectivity index (χ3v) is 2.00. The maximum atomic E-state index is 11.4. The van der Waals surface area contributed by atoms with E-state index in [1.165, 1.54) is 0 Å². The van der Waals surface area contributed by atoms with Gasteiger partial charge >= 0.3 is 0 Å². The zero-order valence-electron chi connectivity index (χ0n) is 9.55. The second kappa shape index (κ2) is 5.64. The zero-order valence-corrected chi connectivity index (χ0v) is 9.55. The summed E-state index contributed by atoms with van der Waals surface area (Å²) < 4.78 is 0. The van der Waals surface area contributed by atoms with Crippen LogP contribution in [0.25, 0.3) is 0 Å². The molecule has 0 fully saturated rings. The molecular formula is C11H15N5O. The number of rotatable bonds is 3. The SMILES string of the molecule is CCC(=O)c1ccc(N=C(N)N=C(N)N)cc1. The first kappa shape index (κ1) is 12.7. The molecule has 1 aromatic carbocycles. The van der Waals surface area contributed by atoms with Gasteiger partial charge in [0.05, 0.1) is 5.69 Å². The van der Waals surface area contributed by atoms with Gasteiger partial charge in [-0.2, -0.15) is 4.99 Å². The number of guanidine groups is 2. The van der Waals surface area contributed by atoms with Gasteiger partial charge in [-0.05, 0) is 24.3 Å². The number of benzene rings is 1. The molecule has 0 bridgehead atoms. The van der Waals surface area contributed by atoms with E-state index < -0.39 is 0 Å². The number of aliphatic imine (C=N–C) groups is 2. The Kier molecular flexibility index (Phi) is 4.21. The van der Waals surface area contributed by atoms with Gasteiger partial charge in [-0.25, -0.2) is 4.99 Å². The second-order valence-electron chi connectivity index (χ2n) is 3.33. The third-order valence-electron chi connectivity index (χ3n) is 2.00. The van der Waals surface area contributed by atoms with Crippen LogP contribution in [0, 0.1) is 0 Å². The number of carbonyl (C=O) groups excluding carboxylic acids is 1. The summed E-state index contributed by atoms with van der Waals surface area (Å²) in [6.45, 7) is 1.81. The Hall–Kier alpha value is -2.37. The third kappa shape index (κ3) is 3.94. The lowest BCUT2D eigenvalue weighted by Gasteiger charge is -1.99. The summed E-state index contributed by atoms with van der Waals surface area (Å²) >= 11 is 0. The largest absolute Gasteiger partial charge is 0.370 e. The second-order valence-corrected chi connectivity index (χ2v) is 3.33. The molecule has 0 aliphatic carbocycles. The van der Waals surface area contributed by atoms with Crippen molar-refractivity contribution in [1.82, 2.24) is 0 Å². The lowest BCUT2D eigenvalue weighted by Crippen LogP contribution is -2.26. The molecule has 0 aliphatic rings. The molecule has 0 amide bonds. The summed E-state index contributed by atoms with van der Waals surface area (Å²) in [5, 5.41) is 0. The molecular weight excluding hydrogens is 218 g/mol. The van der Waals surface area contributed by atoms with Gasteiger partial charge in [-0.1, -0.05) is 6.92 Å². The number of Topliss-reactive ketones (excluding diaryl/α,β-unsaturated/α-hetero) is 1. The van der Waals surface area contributed by atoms with Crippen LogP contribution in [0.15, 0.2) is 34.3 Å². The minimum Gasteiger partial charge on any atom is -0.370 e. The Morgan fingerprint density at radius 1 is 1.18 bits per heavy atom. The van der Waals surface area contributed by atoms with E-state index in [-0.39, 0.29) is 17.7 Å². The number of hydrogen-bond donors (Lipinski definition) is 3. The van der Waals surface area contributed by atoms with E-state index in [9.17, 15) is 4.79 Å². The van der Waals surface area contributed by atoms with Crippen LogP contribution in [-0.4, -0.2) is 17.7 Å². The van der Waals surface area contributed by atoms with E-state index in [2.05, 4.69) is 9.98 Å². The van der Waals surface area contributed by atoms with Crippen LogP contribution in [0.3, 0.4) is 0 Å². The molecule has 0 spiro atoms. The van der Waals surface area contributed by atoms with Crippen molar-refractivity contribution in [3.8, 4) is 0 Å². The first-order valence-electron chi connectivity index (χ1n) is 5.10. The summed E-state index contributed by atoms with van der Waals surface area (Å²) in [7, 11) is 0. The number of hydrogen-bond acceptors (Lipinski definition) is 2. The molecule has 0 saturated heterocycles. The van der Waals surface area contributed by atoms with Gasteiger partial charge in [0.1, 0.15) is 0 Å². The summed E-state index contributed by atoms with van der Waals surface area (Å²) in [5.41, 5.74) is 17.0. The number of nitrogens with two attached hydrogens (primary N) is 3.